The van der Waals surface area contributed by atoms with E-state index in [1.807, 2.05) is 0 Å². The van der Waals surface area contributed by atoms with Gasteiger partial charge in [0.2, 0.25) is 6.33 Å². The largest absolute Gasteiger partial charge is 0.812 e. The van der Waals surface area contributed by atoms with E-state index in [1.165, 1.54) is 45.1 Å². The summed E-state index contributed by atoms with van der Waals surface area (Å²) in [4.78, 5) is 0. The summed E-state index contributed by atoms with van der Waals surface area (Å²) in [5, 5.41) is 28.8. The molecule has 6 nitrogen and oxygen atoms in total. The van der Waals surface area contributed by atoms with Crippen LogP contribution in [0.4, 0.5) is 0 Å². The van der Waals surface area contributed by atoms with Crippen LogP contribution in [0.3, 0.4) is 0 Å². The Hall–Kier alpha value is -2.21. The van der Waals surface area contributed by atoms with Crippen molar-refractivity contribution in [1.82, 2.24) is 4.57 Å². The molecule has 0 saturated carbocycles. The van der Waals surface area contributed by atoms with E-state index in [2.05, 4.69) is 41.8 Å². The fraction of sp³-hybridized carbons (Fsp3) is 0.643. The number of hydrogen-bond donors (Lipinski definition) is 1. The summed E-state index contributed by atoms with van der Waals surface area (Å²) in [6, 6.07) is 0. The van der Waals surface area contributed by atoms with Crippen LogP contribution >= 0.6 is 0 Å². The van der Waals surface area contributed by atoms with Crippen LogP contribution in [-0.4, -0.2) is 9.67 Å². The van der Waals surface area contributed by atoms with E-state index >= 15 is 0 Å². The third kappa shape index (κ3) is 15.8. The molecule has 0 amide bonds. The molecular formula is C14H24N4O2. The molecule has 1 rings (SSSR count). The Bertz CT molecular complexity index is 379. The molecule has 6 heteroatoms. The predicted octanol–water partition coefficient (Wildman–Crippen LogP) is 1.34. The Morgan fingerprint density at radius 1 is 1.20 bits per heavy atom. The topological polar surface area (TPSA) is 99.7 Å². The zero-order chi connectivity index (χ0) is 15.6. The van der Waals surface area contributed by atoms with Gasteiger partial charge in [0.25, 0.3) is 6.26 Å². The molecule has 1 aromatic heterocycles. The van der Waals surface area contributed by atoms with Gasteiger partial charge in [-0.25, -0.2) is 14.4 Å². The molecule has 20 heavy (non-hydrogen) atoms. The van der Waals surface area contributed by atoms with E-state index < -0.39 is 0 Å². The maximum atomic E-state index is 8.24. The normalized spacial score (nSPS) is 8.20. The summed E-state index contributed by atoms with van der Waals surface area (Å²) in [5.74, 6) is 0. The molecule has 0 saturated heterocycles. The number of imidazole rings is 1. The highest BCUT2D eigenvalue weighted by atomic mass is 16.2. The highest BCUT2D eigenvalue weighted by Crippen LogP contribution is 2.04. The van der Waals surface area contributed by atoms with Gasteiger partial charge < -0.3 is 10.2 Å². The van der Waals surface area contributed by atoms with E-state index in [9.17, 15) is 0 Å². The first-order valence-electron chi connectivity index (χ1n) is 6.71. The lowest BCUT2D eigenvalue weighted by atomic mass is 10.1. The second-order valence-corrected chi connectivity index (χ2v) is 4.28. The molecule has 0 aliphatic rings. The van der Waals surface area contributed by atoms with Crippen molar-refractivity contribution in [2.24, 2.45) is 7.05 Å². The molecule has 0 atom stereocenters. The van der Waals surface area contributed by atoms with Crippen LogP contribution < -0.4 is 9.67 Å². The second-order valence-electron chi connectivity index (χ2n) is 4.28. The first-order valence-corrected chi connectivity index (χ1v) is 6.71. The number of nitrogens with zero attached hydrogens (tertiary/aromatic N) is 4. The van der Waals surface area contributed by atoms with Crippen molar-refractivity contribution in [3.63, 3.8) is 0 Å². The first-order chi connectivity index (χ1) is 9.65. The van der Waals surface area contributed by atoms with Gasteiger partial charge in [0.1, 0.15) is 12.4 Å². The molecule has 0 fully saturated rings. The van der Waals surface area contributed by atoms with Crippen molar-refractivity contribution >= 4 is 0 Å². The minimum Gasteiger partial charge on any atom is -0.812 e. The summed E-state index contributed by atoms with van der Waals surface area (Å²) < 4.78 is 4.36. The average Bonchev–Trinajstić information content (AvgIpc) is 2.81. The van der Waals surface area contributed by atoms with Crippen LogP contribution in [0.15, 0.2) is 18.7 Å². The van der Waals surface area contributed by atoms with Crippen molar-refractivity contribution in [3.8, 4) is 12.5 Å². The molecule has 112 valence electrons. The Morgan fingerprint density at radius 2 is 1.70 bits per heavy atom. The molecule has 1 heterocycles. The Labute approximate surface area is 121 Å². The van der Waals surface area contributed by atoms with E-state index in [0.717, 1.165) is 6.26 Å². The Morgan fingerprint density at radius 3 is 2.15 bits per heavy atom. The average molecular weight is 280 g/mol. The van der Waals surface area contributed by atoms with Crippen molar-refractivity contribution in [3.05, 3.63) is 18.7 Å². The Kier molecular flexibility index (Phi) is 16.9. The molecule has 1 N–H and O–H groups in total. The number of aryl methyl sites for hydroxylation is 2. The number of hydrogen-bond acceptors (Lipinski definition) is 4. The molecule has 0 bridgehead atoms. The van der Waals surface area contributed by atoms with Gasteiger partial charge in [0.05, 0.1) is 13.6 Å². The third-order valence-corrected chi connectivity index (χ3v) is 2.59. The molecule has 0 spiro atoms. The van der Waals surface area contributed by atoms with Crippen LogP contribution in [0.1, 0.15) is 45.4 Å². The van der Waals surface area contributed by atoms with Crippen molar-refractivity contribution < 1.29 is 14.8 Å². The summed E-state index contributed by atoms with van der Waals surface area (Å²) in [5.41, 5.74) is 0. The highest BCUT2D eigenvalue weighted by molar-refractivity contribution is 4.61. The minimum absolute atomic E-state index is 0.500. The van der Waals surface area contributed by atoms with E-state index in [0.29, 0.717) is 6.26 Å². The SMILES string of the molecule is CCCCCCCC[n+]1ccn(C)c1.N#CO.N#C[O-]. The lowest BCUT2D eigenvalue weighted by Gasteiger charge is -1.98. The van der Waals surface area contributed by atoms with Gasteiger partial charge in [-0.05, 0) is 12.8 Å². The van der Waals surface area contributed by atoms with Crippen LogP contribution in [0.25, 0.3) is 0 Å². The van der Waals surface area contributed by atoms with Gasteiger partial charge in [0, 0.05) is 6.26 Å². The fourth-order valence-electron chi connectivity index (χ4n) is 1.71. The summed E-state index contributed by atoms with van der Waals surface area (Å²) in [6.07, 6.45) is 15.9. The predicted molar refractivity (Wildman–Crippen MR) is 72.1 cm³/mol. The quantitative estimate of drug-likeness (QED) is 0.462. The molecule has 0 radical (unpaired) electrons. The number of nitriles is 2. The number of unbranched alkanes of at least 4 members (excludes halogenated alkanes) is 5. The summed E-state index contributed by atoms with van der Waals surface area (Å²) >= 11 is 0. The molecule has 0 aliphatic carbocycles. The second kappa shape index (κ2) is 16.8. The van der Waals surface area contributed by atoms with Crippen LogP contribution in [-0.2, 0) is 13.6 Å². The lowest BCUT2D eigenvalue weighted by Crippen LogP contribution is -2.30. The number of rotatable bonds is 7. The van der Waals surface area contributed by atoms with Crippen LogP contribution in [0.5, 0.6) is 0 Å². The van der Waals surface area contributed by atoms with Gasteiger partial charge in [-0.1, -0.05) is 32.6 Å². The number of aliphatic hydroxyl groups is 1. The summed E-state index contributed by atoms with van der Waals surface area (Å²) in [7, 11) is 2.07. The zero-order valence-electron chi connectivity index (χ0n) is 12.3. The smallest absolute Gasteiger partial charge is 0.283 e. The fourth-order valence-corrected chi connectivity index (χ4v) is 1.71. The third-order valence-electron chi connectivity index (χ3n) is 2.59. The van der Waals surface area contributed by atoms with E-state index in [1.54, 1.807) is 0 Å². The highest BCUT2D eigenvalue weighted by Gasteiger charge is 1.98. The molecular weight excluding hydrogens is 256 g/mol. The van der Waals surface area contributed by atoms with Gasteiger partial charge in [-0.15, -0.1) is 0 Å². The lowest BCUT2D eigenvalue weighted by molar-refractivity contribution is -0.696. The van der Waals surface area contributed by atoms with Crippen molar-refractivity contribution in [1.29, 1.82) is 10.5 Å². The maximum Gasteiger partial charge on any atom is 0.283 e. The monoisotopic (exact) mass is 280 g/mol. The first kappa shape index (κ1) is 20.1. The van der Waals surface area contributed by atoms with Crippen LogP contribution in [0.2, 0.25) is 0 Å². The van der Waals surface area contributed by atoms with E-state index in [4.69, 9.17) is 20.7 Å². The zero-order valence-corrected chi connectivity index (χ0v) is 12.3. The standard InChI is InChI=1S/C12H23N2.2CHNO/c1-3-4-5-6-7-8-9-14-11-10-13(2)12-14;2*2-1-3/h10-12H,3-9H2,1-2H3;2*3H/q+1;;/p-1. The summed E-state index contributed by atoms with van der Waals surface area (Å²) in [6.45, 7) is 3.44. The van der Waals surface area contributed by atoms with E-state index in [-0.39, 0.29) is 0 Å². The Balaban J connectivity index is 0. The van der Waals surface area contributed by atoms with Crippen molar-refractivity contribution in [2.45, 2.75) is 52.0 Å². The minimum atomic E-state index is 0.500. The maximum absolute atomic E-state index is 8.24. The number of aliphatic hydroxyl groups excluding tert-OH is 1. The molecule has 0 aromatic carbocycles. The van der Waals surface area contributed by atoms with Gasteiger partial charge in [-0.2, -0.15) is 5.26 Å². The van der Waals surface area contributed by atoms with Gasteiger partial charge in [0.15, 0.2) is 0 Å². The number of aromatic nitrogens is 2. The van der Waals surface area contributed by atoms with Gasteiger partial charge >= 0.3 is 0 Å². The van der Waals surface area contributed by atoms with Gasteiger partial charge in [-0.3, -0.25) is 0 Å². The molecule has 0 unspecified atom stereocenters. The molecule has 0 aliphatic heterocycles. The molecule has 1 aromatic rings. The van der Waals surface area contributed by atoms with Crippen LogP contribution in [0, 0.1) is 23.0 Å². The van der Waals surface area contributed by atoms with Crippen molar-refractivity contribution in [2.75, 3.05) is 0 Å².